The molecule has 0 amide bonds. The van der Waals surface area contributed by atoms with Crippen molar-refractivity contribution in [1.29, 1.82) is 0 Å². The molecule has 0 radical (unpaired) electrons. The molecule has 0 rings (SSSR count). The van der Waals surface area contributed by atoms with E-state index >= 15 is 0 Å². The lowest BCUT2D eigenvalue weighted by atomic mass is 10.6. The second kappa shape index (κ2) is 19.7. The number of ether oxygens (including phenoxy) is 6. The molecule has 0 unspecified atom stereocenters. The largest absolute Gasteiger partial charge is 0.382 e. The van der Waals surface area contributed by atoms with E-state index in [0.29, 0.717) is 66.1 Å². The first-order chi connectivity index (χ1) is 10.4. The Morgan fingerprint density at radius 3 is 1.19 bits per heavy atom. The normalized spacial score (nSPS) is 11.1. The quantitative estimate of drug-likeness (QED) is 0.356. The average Bonchev–Trinajstić information content (AvgIpc) is 2.50. The third-order valence-electron chi connectivity index (χ3n) is 2.45. The van der Waals surface area contributed by atoms with Gasteiger partial charge in [-0.25, -0.2) is 0 Å². The second-order valence-corrected chi connectivity index (χ2v) is 4.19. The summed E-state index contributed by atoms with van der Waals surface area (Å²) < 4.78 is 31.1. The average molecular weight is 309 g/mol. The van der Waals surface area contributed by atoms with Gasteiger partial charge in [-0.2, -0.15) is 0 Å². The van der Waals surface area contributed by atoms with Crippen molar-refractivity contribution in [2.45, 2.75) is 0 Å². The van der Waals surface area contributed by atoms with Crippen molar-refractivity contribution in [1.82, 2.24) is 5.32 Å². The molecule has 0 aliphatic carbocycles. The SMILES string of the molecule is COCCOCCOCCNCCOCCOCCOC. The molecule has 0 saturated carbocycles. The Bertz CT molecular complexity index is 167. The van der Waals surface area contributed by atoms with Gasteiger partial charge in [0.1, 0.15) is 0 Å². The fraction of sp³-hybridized carbons (Fsp3) is 1.00. The van der Waals surface area contributed by atoms with Crippen LogP contribution in [0.2, 0.25) is 0 Å². The first-order valence-corrected chi connectivity index (χ1v) is 7.41. The molecule has 7 nitrogen and oxygen atoms in total. The summed E-state index contributed by atoms with van der Waals surface area (Å²) in [6.45, 7) is 7.89. The summed E-state index contributed by atoms with van der Waals surface area (Å²) in [7, 11) is 3.31. The van der Waals surface area contributed by atoms with Gasteiger partial charge >= 0.3 is 0 Å². The minimum atomic E-state index is 0.607. The summed E-state index contributed by atoms with van der Waals surface area (Å²) in [6, 6.07) is 0. The van der Waals surface area contributed by atoms with Crippen LogP contribution in [0.25, 0.3) is 0 Å². The smallest absolute Gasteiger partial charge is 0.0701 e. The van der Waals surface area contributed by atoms with Crippen LogP contribution in [0.3, 0.4) is 0 Å². The molecule has 0 aliphatic heterocycles. The standard InChI is InChI=1S/C14H31NO6/c1-16-7-9-20-13-11-18-5-3-15-4-6-19-12-14-21-10-8-17-2/h15H,3-14H2,1-2H3. The first-order valence-electron chi connectivity index (χ1n) is 7.41. The van der Waals surface area contributed by atoms with Crippen LogP contribution in [0, 0.1) is 0 Å². The van der Waals surface area contributed by atoms with Crippen LogP contribution in [0.15, 0.2) is 0 Å². The maximum absolute atomic E-state index is 5.40. The lowest BCUT2D eigenvalue weighted by molar-refractivity contribution is 0.0218. The maximum atomic E-state index is 5.40. The molecule has 21 heavy (non-hydrogen) atoms. The van der Waals surface area contributed by atoms with E-state index in [0.717, 1.165) is 13.1 Å². The van der Waals surface area contributed by atoms with Crippen molar-refractivity contribution < 1.29 is 28.4 Å². The van der Waals surface area contributed by atoms with E-state index in [1.807, 2.05) is 0 Å². The van der Waals surface area contributed by atoms with Crippen molar-refractivity contribution in [3.05, 3.63) is 0 Å². The fourth-order valence-electron chi connectivity index (χ4n) is 1.34. The van der Waals surface area contributed by atoms with Crippen molar-refractivity contribution in [3.8, 4) is 0 Å². The summed E-state index contributed by atoms with van der Waals surface area (Å²) in [6.07, 6.45) is 0. The zero-order valence-electron chi connectivity index (χ0n) is 13.4. The minimum Gasteiger partial charge on any atom is -0.382 e. The molecule has 0 aromatic heterocycles. The molecule has 0 spiro atoms. The van der Waals surface area contributed by atoms with E-state index in [9.17, 15) is 0 Å². The van der Waals surface area contributed by atoms with Gasteiger partial charge in [0, 0.05) is 27.3 Å². The molecule has 128 valence electrons. The summed E-state index contributed by atoms with van der Waals surface area (Å²) in [5.74, 6) is 0. The lowest BCUT2D eigenvalue weighted by Gasteiger charge is -2.08. The minimum absolute atomic E-state index is 0.607. The van der Waals surface area contributed by atoms with Gasteiger partial charge in [0.2, 0.25) is 0 Å². The monoisotopic (exact) mass is 309 g/mol. The van der Waals surface area contributed by atoms with E-state index < -0.39 is 0 Å². The number of hydrogen-bond donors (Lipinski definition) is 1. The van der Waals surface area contributed by atoms with E-state index in [2.05, 4.69) is 5.32 Å². The van der Waals surface area contributed by atoms with Crippen LogP contribution in [0.4, 0.5) is 0 Å². The van der Waals surface area contributed by atoms with Gasteiger partial charge in [-0.05, 0) is 0 Å². The highest BCUT2D eigenvalue weighted by Crippen LogP contribution is 1.81. The second-order valence-electron chi connectivity index (χ2n) is 4.19. The Balaban J connectivity index is 2.90. The highest BCUT2D eigenvalue weighted by Gasteiger charge is 1.92. The molecule has 0 aliphatic rings. The molecule has 0 bridgehead atoms. The lowest BCUT2D eigenvalue weighted by Crippen LogP contribution is -2.25. The molecular weight excluding hydrogens is 278 g/mol. The van der Waals surface area contributed by atoms with E-state index in [1.165, 1.54) is 0 Å². The van der Waals surface area contributed by atoms with Gasteiger partial charge in [-0.15, -0.1) is 0 Å². The summed E-state index contributed by atoms with van der Waals surface area (Å²) in [5, 5.41) is 3.24. The van der Waals surface area contributed by atoms with Crippen molar-refractivity contribution in [3.63, 3.8) is 0 Å². The zero-order chi connectivity index (χ0) is 15.4. The zero-order valence-corrected chi connectivity index (χ0v) is 13.4. The highest BCUT2D eigenvalue weighted by atomic mass is 16.5. The molecule has 0 saturated heterocycles. The molecule has 0 fully saturated rings. The Hall–Kier alpha value is -0.280. The predicted molar refractivity (Wildman–Crippen MR) is 79.9 cm³/mol. The van der Waals surface area contributed by atoms with E-state index in [4.69, 9.17) is 28.4 Å². The molecule has 0 aromatic rings. The molecule has 0 atom stereocenters. The summed E-state index contributed by atoms with van der Waals surface area (Å²) in [4.78, 5) is 0. The van der Waals surface area contributed by atoms with Gasteiger partial charge in [-0.1, -0.05) is 0 Å². The summed E-state index contributed by atoms with van der Waals surface area (Å²) in [5.41, 5.74) is 0. The van der Waals surface area contributed by atoms with Crippen molar-refractivity contribution >= 4 is 0 Å². The van der Waals surface area contributed by atoms with Gasteiger partial charge in [0.25, 0.3) is 0 Å². The summed E-state index contributed by atoms with van der Waals surface area (Å²) >= 11 is 0. The topological polar surface area (TPSA) is 67.4 Å². The molecule has 7 heteroatoms. The molecular formula is C14H31NO6. The Morgan fingerprint density at radius 1 is 0.476 bits per heavy atom. The van der Waals surface area contributed by atoms with Crippen LogP contribution >= 0.6 is 0 Å². The number of methoxy groups -OCH3 is 2. The third-order valence-corrected chi connectivity index (χ3v) is 2.45. The van der Waals surface area contributed by atoms with Gasteiger partial charge in [0.15, 0.2) is 0 Å². The van der Waals surface area contributed by atoms with E-state index in [1.54, 1.807) is 14.2 Å². The van der Waals surface area contributed by atoms with Gasteiger partial charge in [0.05, 0.1) is 66.1 Å². The number of rotatable bonds is 18. The van der Waals surface area contributed by atoms with Crippen LogP contribution in [0.1, 0.15) is 0 Å². The van der Waals surface area contributed by atoms with E-state index in [-0.39, 0.29) is 0 Å². The Morgan fingerprint density at radius 2 is 0.810 bits per heavy atom. The van der Waals surface area contributed by atoms with Crippen molar-refractivity contribution in [2.75, 3.05) is 93.4 Å². The number of nitrogens with one attached hydrogen (secondary N) is 1. The highest BCUT2D eigenvalue weighted by molar-refractivity contribution is 4.45. The third kappa shape index (κ3) is 19.7. The molecule has 0 heterocycles. The Labute approximate surface area is 128 Å². The first kappa shape index (κ1) is 20.7. The van der Waals surface area contributed by atoms with Crippen LogP contribution < -0.4 is 5.32 Å². The van der Waals surface area contributed by atoms with Crippen LogP contribution in [0.5, 0.6) is 0 Å². The maximum Gasteiger partial charge on any atom is 0.0701 e. The van der Waals surface area contributed by atoms with Crippen molar-refractivity contribution in [2.24, 2.45) is 0 Å². The van der Waals surface area contributed by atoms with Crippen LogP contribution in [-0.2, 0) is 28.4 Å². The van der Waals surface area contributed by atoms with Gasteiger partial charge < -0.3 is 33.7 Å². The predicted octanol–water partition coefficient (Wildman–Crippen LogP) is -0.0648. The Kier molecular flexibility index (Phi) is 19.5. The molecule has 1 N–H and O–H groups in total. The molecule has 0 aromatic carbocycles. The van der Waals surface area contributed by atoms with Crippen LogP contribution in [-0.4, -0.2) is 93.4 Å². The fourth-order valence-corrected chi connectivity index (χ4v) is 1.34. The number of hydrogen-bond acceptors (Lipinski definition) is 7. The van der Waals surface area contributed by atoms with Gasteiger partial charge in [-0.3, -0.25) is 0 Å².